The lowest BCUT2D eigenvalue weighted by Gasteiger charge is -2.24. The molecule has 0 fully saturated rings. The summed E-state index contributed by atoms with van der Waals surface area (Å²) in [7, 11) is 0. The number of anilines is 4. The minimum atomic E-state index is -0.247. The van der Waals surface area contributed by atoms with E-state index in [4.69, 9.17) is 5.73 Å². The van der Waals surface area contributed by atoms with Crippen LogP contribution in [0, 0.1) is 27.7 Å². The van der Waals surface area contributed by atoms with E-state index >= 15 is 0 Å². The zero-order valence-electron chi connectivity index (χ0n) is 21.6. The predicted octanol–water partition coefficient (Wildman–Crippen LogP) is 6.99. The number of hydrogen-bond donors (Lipinski definition) is 3. The zero-order valence-corrected chi connectivity index (χ0v) is 21.6. The Bertz CT molecular complexity index is 1440. The Morgan fingerprint density at radius 2 is 1.38 bits per heavy atom. The number of aryl methyl sites for hydroxylation is 4. The highest BCUT2D eigenvalue weighted by molar-refractivity contribution is 6.06. The van der Waals surface area contributed by atoms with Crippen molar-refractivity contribution in [3.05, 3.63) is 118 Å². The van der Waals surface area contributed by atoms with Gasteiger partial charge in [-0.05, 0) is 104 Å². The van der Waals surface area contributed by atoms with Gasteiger partial charge in [0.05, 0.1) is 17.9 Å². The van der Waals surface area contributed by atoms with E-state index < -0.39 is 0 Å². The molecule has 4 N–H and O–H groups in total. The smallest absolute Gasteiger partial charge is 0.326 e. The molecule has 37 heavy (non-hydrogen) atoms. The molecule has 0 unspecified atom stereocenters. The first-order chi connectivity index (χ1) is 17.7. The topological polar surface area (TPSA) is 87.5 Å². The highest BCUT2D eigenvalue weighted by Crippen LogP contribution is 2.24. The number of nitrogen functional groups attached to an aromatic ring is 1. The van der Waals surface area contributed by atoms with E-state index in [9.17, 15) is 9.59 Å². The molecule has 188 valence electrons. The molecule has 0 aliphatic heterocycles. The molecule has 3 amide bonds. The van der Waals surface area contributed by atoms with Crippen molar-refractivity contribution in [2.24, 2.45) is 0 Å². The maximum absolute atomic E-state index is 13.5. The molecule has 0 saturated carbocycles. The lowest BCUT2D eigenvalue weighted by atomic mass is 10.1. The fraction of sp³-hybridized carbons (Fsp3) is 0.161. The van der Waals surface area contributed by atoms with Gasteiger partial charge < -0.3 is 16.4 Å². The molecule has 0 saturated heterocycles. The number of para-hydroxylation sites is 2. The van der Waals surface area contributed by atoms with Crippen molar-refractivity contribution in [2.45, 2.75) is 34.2 Å². The van der Waals surface area contributed by atoms with Gasteiger partial charge in [-0.1, -0.05) is 36.4 Å². The summed E-state index contributed by atoms with van der Waals surface area (Å²) in [4.78, 5) is 27.9. The standard InChI is InChI=1S/C31H32N4O2/c1-20-9-15-26(17-22(20)3)33-31(37)35(27-16-10-21(2)23(4)18-27)19-24-11-13-25(14-12-24)30(36)34-29-8-6-5-7-28(29)32/h5-18H,19,32H2,1-4H3,(H,33,37)(H,34,36). The number of nitrogens with one attached hydrogen (secondary N) is 2. The summed E-state index contributed by atoms with van der Waals surface area (Å²) in [6, 6.07) is 26.0. The van der Waals surface area contributed by atoms with Crippen LogP contribution in [0.15, 0.2) is 84.9 Å². The normalized spacial score (nSPS) is 10.6. The summed E-state index contributed by atoms with van der Waals surface area (Å²) in [5.74, 6) is -0.247. The van der Waals surface area contributed by atoms with Crippen LogP contribution in [-0.4, -0.2) is 11.9 Å². The second-order valence-electron chi connectivity index (χ2n) is 9.32. The van der Waals surface area contributed by atoms with Gasteiger partial charge in [0, 0.05) is 16.9 Å². The van der Waals surface area contributed by atoms with E-state index in [-0.39, 0.29) is 11.9 Å². The van der Waals surface area contributed by atoms with Crippen LogP contribution in [0.3, 0.4) is 0 Å². The van der Waals surface area contributed by atoms with E-state index in [0.717, 1.165) is 33.6 Å². The number of amides is 3. The zero-order chi connectivity index (χ0) is 26.5. The number of carbonyl (C=O) groups excluding carboxylic acids is 2. The van der Waals surface area contributed by atoms with Gasteiger partial charge in [-0.25, -0.2) is 4.79 Å². The lowest BCUT2D eigenvalue weighted by molar-refractivity contribution is 0.102. The molecular weight excluding hydrogens is 460 g/mol. The number of nitrogens with zero attached hydrogens (tertiary/aromatic N) is 1. The highest BCUT2D eigenvalue weighted by Gasteiger charge is 2.18. The molecule has 0 atom stereocenters. The van der Waals surface area contributed by atoms with E-state index in [0.29, 0.717) is 23.5 Å². The highest BCUT2D eigenvalue weighted by atomic mass is 16.2. The lowest BCUT2D eigenvalue weighted by Crippen LogP contribution is -2.34. The van der Waals surface area contributed by atoms with Gasteiger partial charge in [0.15, 0.2) is 0 Å². The van der Waals surface area contributed by atoms with E-state index in [1.54, 1.807) is 29.2 Å². The van der Waals surface area contributed by atoms with Crippen molar-refractivity contribution in [1.29, 1.82) is 0 Å². The van der Waals surface area contributed by atoms with Gasteiger partial charge >= 0.3 is 6.03 Å². The minimum Gasteiger partial charge on any atom is -0.397 e. The van der Waals surface area contributed by atoms with E-state index in [2.05, 4.69) is 10.6 Å². The quantitative estimate of drug-likeness (QED) is 0.253. The van der Waals surface area contributed by atoms with E-state index in [1.807, 2.05) is 88.4 Å². The largest absolute Gasteiger partial charge is 0.397 e. The average molecular weight is 493 g/mol. The van der Waals surface area contributed by atoms with Gasteiger partial charge in [0.2, 0.25) is 0 Å². The van der Waals surface area contributed by atoms with Crippen LogP contribution in [-0.2, 0) is 6.54 Å². The van der Waals surface area contributed by atoms with Crippen molar-refractivity contribution in [1.82, 2.24) is 0 Å². The molecule has 4 aromatic rings. The summed E-state index contributed by atoms with van der Waals surface area (Å²) >= 11 is 0. The van der Waals surface area contributed by atoms with Gasteiger partial charge in [0.25, 0.3) is 5.91 Å². The number of urea groups is 1. The summed E-state index contributed by atoms with van der Waals surface area (Å²) < 4.78 is 0. The number of carbonyl (C=O) groups is 2. The maximum Gasteiger partial charge on any atom is 0.326 e. The molecule has 0 aromatic heterocycles. The molecule has 6 heteroatoms. The first kappa shape index (κ1) is 25.5. The molecule has 4 rings (SSSR count). The number of rotatable bonds is 6. The third-order valence-electron chi connectivity index (χ3n) is 6.57. The first-order valence-corrected chi connectivity index (χ1v) is 12.2. The summed E-state index contributed by atoms with van der Waals surface area (Å²) in [6.45, 7) is 8.49. The number of nitrogens with two attached hydrogens (primary N) is 1. The minimum absolute atomic E-state index is 0.229. The molecule has 0 heterocycles. The van der Waals surface area contributed by atoms with Crippen molar-refractivity contribution in [3.63, 3.8) is 0 Å². The first-order valence-electron chi connectivity index (χ1n) is 12.2. The van der Waals surface area contributed by atoms with Crippen molar-refractivity contribution in [3.8, 4) is 0 Å². The molecule has 0 aliphatic carbocycles. The fourth-order valence-corrected chi connectivity index (χ4v) is 3.93. The van der Waals surface area contributed by atoms with Crippen LogP contribution < -0.4 is 21.3 Å². The molecule has 0 radical (unpaired) electrons. The van der Waals surface area contributed by atoms with Gasteiger partial charge in [-0.2, -0.15) is 0 Å². The SMILES string of the molecule is Cc1ccc(NC(=O)N(Cc2ccc(C(=O)Nc3ccccc3N)cc2)c2ccc(C)c(C)c2)cc1C. The molecule has 0 bridgehead atoms. The second kappa shape index (κ2) is 11.0. The monoisotopic (exact) mass is 492 g/mol. The third kappa shape index (κ3) is 6.16. The summed E-state index contributed by atoms with van der Waals surface area (Å²) in [5.41, 5.74) is 14.5. The molecule has 0 spiro atoms. The summed E-state index contributed by atoms with van der Waals surface area (Å²) in [6.07, 6.45) is 0. The Morgan fingerprint density at radius 3 is 2.03 bits per heavy atom. The van der Waals surface area contributed by atoms with Crippen molar-refractivity contribution >= 4 is 34.7 Å². The van der Waals surface area contributed by atoms with Gasteiger partial charge in [0.1, 0.15) is 0 Å². The Balaban J connectivity index is 1.55. The van der Waals surface area contributed by atoms with Gasteiger partial charge in [-0.3, -0.25) is 9.69 Å². The van der Waals surface area contributed by atoms with Crippen molar-refractivity contribution < 1.29 is 9.59 Å². The van der Waals surface area contributed by atoms with Crippen LogP contribution in [0.25, 0.3) is 0 Å². The van der Waals surface area contributed by atoms with Crippen LogP contribution >= 0.6 is 0 Å². The fourth-order valence-electron chi connectivity index (χ4n) is 3.93. The predicted molar refractivity (Wildman–Crippen MR) is 152 cm³/mol. The molecule has 6 nitrogen and oxygen atoms in total. The Kier molecular flexibility index (Phi) is 7.58. The molecule has 4 aromatic carbocycles. The Morgan fingerprint density at radius 1 is 0.730 bits per heavy atom. The van der Waals surface area contributed by atoms with E-state index in [1.165, 1.54) is 5.56 Å². The molecule has 0 aliphatic rings. The third-order valence-corrected chi connectivity index (χ3v) is 6.57. The summed E-state index contributed by atoms with van der Waals surface area (Å²) in [5, 5.41) is 5.88. The van der Waals surface area contributed by atoms with Crippen LogP contribution in [0.1, 0.15) is 38.2 Å². The number of benzene rings is 4. The Labute approximate surface area is 218 Å². The number of hydrogen-bond acceptors (Lipinski definition) is 3. The van der Waals surface area contributed by atoms with Crippen LogP contribution in [0.4, 0.5) is 27.5 Å². The second-order valence-corrected chi connectivity index (χ2v) is 9.32. The van der Waals surface area contributed by atoms with Crippen molar-refractivity contribution in [2.75, 3.05) is 21.3 Å². The van der Waals surface area contributed by atoms with Gasteiger partial charge in [-0.15, -0.1) is 0 Å². The average Bonchev–Trinajstić information content (AvgIpc) is 2.88. The van der Waals surface area contributed by atoms with Crippen LogP contribution in [0.2, 0.25) is 0 Å². The molecular formula is C31H32N4O2. The van der Waals surface area contributed by atoms with Crippen LogP contribution in [0.5, 0.6) is 0 Å². The maximum atomic E-state index is 13.5. The Hall–Kier alpha value is -4.58.